The minimum Gasteiger partial charge on any atom is -0.226 e. The SMILES string of the molecule is Cc1cc(F)ccc1-c1n(C)c2cc(CC(C)C)cc3c2[n+]1CCC3. The highest BCUT2D eigenvalue weighted by molar-refractivity contribution is 5.81. The molecule has 0 fully saturated rings. The lowest BCUT2D eigenvalue weighted by Crippen LogP contribution is -2.39. The second-order valence-electron chi connectivity index (χ2n) is 7.82. The molecule has 2 heterocycles. The van der Waals surface area contributed by atoms with Crippen molar-refractivity contribution >= 4 is 11.0 Å². The van der Waals surface area contributed by atoms with Crippen molar-refractivity contribution in [3.63, 3.8) is 0 Å². The Balaban J connectivity index is 2.00. The van der Waals surface area contributed by atoms with Gasteiger partial charge >= 0.3 is 0 Å². The third-order valence-electron chi connectivity index (χ3n) is 5.33. The molecule has 0 radical (unpaired) electrons. The number of benzene rings is 2. The van der Waals surface area contributed by atoms with Crippen LogP contribution in [0.3, 0.4) is 0 Å². The highest BCUT2D eigenvalue weighted by atomic mass is 19.1. The standard InChI is InChI=1S/C22H26FN2/c1-14(2)10-16-12-17-6-5-9-25-21(17)20(13-16)24(4)22(25)19-8-7-18(23)11-15(19)3/h7-8,11-14H,5-6,9-10H2,1-4H3/q+1. The van der Waals surface area contributed by atoms with Gasteiger partial charge in [-0.1, -0.05) is 19.9 Å². The Hall–Kier alpha value is -2.16. The van der Waals surface area contributed by atoms with Gasteiger partial charge in [0.15, 0.2) is 11.0 Å². The average molecular weight is 337 g/mol. The average Bonchev–Trinajstić information content (AvgIpc) is 2.82. The summed E-state index contributed by atoms with van der Waals surface area (Å²) in [6, 6.07) is 9.88. The summed E-state index contributed by atoms with van der Waals surface area (Å²) in [7, 11) is 2.14. The summed E-state index contributed by atoms with van der Waals surface area (Å²) in [6.45, 7) is 7.57. The number of imidazole rings is 1. The van der Waals surface area contributed by atoms with Crippen LogP contribution in [0.4, 0.5) is 4.39 Å². The predicted molar refractivity (Wildman–Crippen MR) is 100 cm³/mol. The Bertz CT molecular complexity index is 966. The van der Waals surface area contributed by atoms with E-state index in [2.05, 4.69) is 42.2 Å². The molecular weight excluding hydrogens is 311 g/mol. The first-order valence-electron chi connectivity index (χ1n) is 9.26. The van der Waals surface area contributed by atoms with Crippen molar-refractivity contribution in [3.05, 3.63) is 52.8 Å². The third-order valence-corrected chi connectivity index (χ3v) is 5.33. The minimum atomic E-state index is -0.168. The van der Waals surface area contributed by atoms with Crippen molar-refractivity contribution in [2.24, 2.45) is 13.0 Å². The van der Waals surface area contributed by atoms with Crippen LogP contribution in [0.5, 0.6) is 0 Å². The fraction of sp³-hybridized carbons (Fsp3) is 0.409. The highest BCUT2D eigenvalue weighted by Gasteiger charge is 2.30. The van der Waals surface area contributed by atoms with E-state index in [0.717, 1.165) is 36.9 Å². The molecule has 1 aliphatic rings. The monoisotopic (exact) mass is 337 g/mol. The Kier molecular flexibility index (Phi) is 3.90. The second kappa shape index (κ2) is 5.98. The van der Waals surface area contributed by atoms with Crippen LogP contribution in [0, 0.1) is 18.7 Å². The first-order valence-corrected chi connectivity index (χ1v) is 9.26. The van der Waals surface area contributed by atoms with Crippen molar-refractivity contribution in [1.82, 2.24) is 4.57 Å². The van der Waals surface area contributed by atoms with Crippen LogP contribution in [0.15, 0.2) is 30.3 Å². The maximum Gasteiger partial charge on any atom is 0.289 e. The molecule has 2 nitrogen and oxygen atoms in total. The molecule has 0 N–H and O–H groups in total. The molecule has 0 aliphatic carbocycles. The van der Waals surface area contributed by atoms with Crippen LogP contribution in [0.2, 0.25) is 0 Å². The van der Waals surface area contributed by atoms with Gasteiger partial charge in [-0.2, -0.15) is 0 Å². The summed E-state index contributed by atoms with van der Waals surface area (Å²) >= 11 is 0. The Morgan fingerprint density at radius 1 is 1.20 bits per heavy atom. The van der Waals surface area contributed by atoms with Crippen LogP contribution in [-0.4, -0.2) is 4.57 Å². The van der Waals surface area contributed by atoms with Gasteiger partial charge in [0.25, 0.3) is 5.82 Å². The van der Waals surface area contributed by atoms with Gasteiger partial charge in [0.1, 0.15) is 5.82 Å². The van der Waals surface area contributed by atoms with E-state index in [1.54, 1.807) is 12.1 Å². The molecule has 0 bridgehead atoms. The summed E-state index contributed by atoms with van der Waals surface area (Å²) in [4.78, 5) is 0. The summed E-state index contributed by atoms with van der Waals surface area (Å²) in [5.41, 5.74) is 7.66. The number of aryl methyl sites for hydroxylation is 4. The molecule has 0 saturated carbocycles. The number of aromatic nitrogens is 2. The van der Waals surface area contributed by atoms with E-state index in [9.17, 15) is 4.39 Å². The van der Waals surface area contributed by atoms with E-state index in [1.165, 1.54) is 28.0 Å². The number of hydrogen-bond acceptors (Lipinski definition) is 0. The molecule has 25 heavy (non-hydrogen) atoms. The van der Waals surface area contributed by atoms with Crippen molar-refractivity contribution in [3.8, 4) is 11.4 Å². The molecule has 130 valence electrons. The lowest BCUT2D eigenvalue weighted by molar-refractivity contribution is -0.664. The van der Waals surface area contributed by atoms with Crippen LogP contribution in [0.1, 0.15) is 37.0 Å². The molecule has 4 rings (SSSR count). The number of rotatable bonds is 3. The summed E-state index contributed by atoms with van der Waals surface area (Å²) < 4.78 is 18.3. The molecular formula is C22H26FN2+. The fourth-order valence-electron chi connectivity index (χ4n) is 4.34. The summed E-state index contributed by atoms with van der Waals surface area (Å²) in [5.74, 6) is 1.67. The summed E-state index contributed by atoms with van der Waals surface area (Å²) in [6.07, 6.45) is 3.42. The van der Waals surface area contributed by atoms with Gasteiger partial charge in [-0.25, -0.2) is 13.5 Å². The van der Waals surface area contributed by atoms with Gasteiger partial charge < -0.3 is 0 Å². The quantitative estimate of drug-likeness (QED) is 0.611. The maximum atomic E-state index is 13.6. The normalized spacial score (nSPS) is 13.8. The van der Waals surface area contributed by atoms with E-state index in [-0.39, 0.29) is 5.82 Å². The Morgan fingerprint density at radius 2 is 2.00 bits per heavy atom. The zero-order chi connectivity index (χ0) is 17.7. The van der Waals surface area contributed by atoms with Crippen LogP contribution in [-0.2, 0) is 26.4 Å². The third kappa shape index (κ3) is 2.66. The van der Waals surface area contributed by atoms with Crippen molar-refractivity contribution in [2.45, 2.75) is 46.6 Å². The first-order chi connectivity index (χ1) is 12.0. The molecule has 3 aromatic rings. The number of hydrogen-bond donors (Lipinski definition) is 0. The molecule has 0 unspecified atom stereocenters. The van der Waals surface area contributed by atoms with Gasteiger partial charge in [-0.05, 0) is 67.5 Å². The lowest BCUT2D eigenvalue weighted by atomic mass is 9.96. The largest absolute Gasteiger partial charge is 0.289 e. The molecule has 3 heteroatoms. The zero-order valence-corrected chi connectivity index (χ0v) is 15.6. The number of nitrogens with zero attached hydrogens (tertiary/aromatic N) is 2. The Morgan fingerprint density at radius 3 is 2.72 bits per heavy atom. The van der Waals surface area contributed by atoms with Gasteiger partial charge in [-0.15, -0.1) is 0 Å². The topological polar surface area (TPSA) is 8.81 Å². The van der Waals surface area contributed by atoms with Crippen molar-refractivity contribution in [1.29, 1.82) is 0 Å². The predicted octanol–water partition coefficient (Wildman–Crippen LogP) is 4.73. The molecule has 1 aromatic heterocycles. The van der Waals surface area contributed by atoms with Crippen LogP contribution >= 0.6 is 0 Å². The highest BCUT2D eigenvalue weighted by Crippen LogP contribution is 2.31. The van der Waals surface area contributed by atoms with E-state index >= 15 is 0 Å². The van der Waals surface area contributed by atoms with Crippen LogP contribution < -0.4 is 4.57 Å². The molecule has 1 aliphatic heterocycles. The maximum absolute atomic E-state index is 13.6. The molecule has 2 aromatic carbocycles. The van der Waals surface area contributed by atoms with Crippen molar-refractivity contribution < 1.29 is 8.96 Å². The molecule has 0 atom stereocenters. The number of halogens is 1. The fourth-order valence-corrected chi connectivity index (χ4v) is 4.34. The lowest BCUT2D eigenvalue weighted by Gasteiger charge is -2.13. The van der Waals surface area contributed by atoms with E-state index in [1.807, 2.05) is 13.0 Å². The van der Waals surface area contributed by atoms with Gasteiger partial charge in [0.05, 0.1) is 19.2 Å². The second-order valence-corrected chi connectivity index (χ2v) is 7.82. The Labute approximate surface area is 148 Å². The summed E-state index contributed by atoms with van der Waals surface area (Å²) in [5, 5.41) is 0. The van der Waals surface area contributed by atoms with Gasteiger partial charge in [0, 0.05) is 5.56 Å². The molecule has 0 saturated heterocycles. The van der Waals surface area contributed by atoms with Crippen molar-refractivity contribution in [2.75, 3.05) is 0 Å². The zero-order valence-electron chi connectivity index (χ0n) is 15.6. The molecule has 0 spiro atoms. The van der Waals surface area contributed by atoms with E-state index in [0.29, 0.717) is 5.92 Å². The smallest absolute Gasteiger partial charge is 0.226 e. The van der Waals surface area contributed by atoms with Gasteiger partial charge in [-0.3, -0.25) is 0 Å². The molecule has 0 amide bonds. The van der Waals surface area contributed by atoms with E-state index in [4.69, 9.17) is 0 Å². The van der Waals surface area contributed by atoms with Gasteiger partial charge in [0.2, 0.25) is 0 Å². The first kappa shape index (κ1) is 16.3. The minimum absolute atomic E-state index is 0.168. The van der Waals surface area contributed by atoms with Crippen LogP contribution in [0.25, 0.3) is 22.4 Å². The van der Waals surface area contributed by atoms with E-state index < -0.39 is 0 Å².